The van der Waals surface area contributed by atoms with Gasteiger partial charge in [-0.25, -0.2) is 0 Å². The molecule has 1 unspecified atom stereocenters. The molecule has 0 bridgehead atoms. The highest BCUT2D eigenvalue weighted by molar-refractivity contribution is 6.05. The maximum atomic E-state index is 12.4. The number of nitrogens with zero attached hydrogens (tertiary/aromatic N) is 2. The Morgan fingerprint density at radius 3 is 2.52 bits per heavy atom. The highest BCUT2D eigenvalue weighted by Gasteiger charge is 2.42. The van der Waals surface area contributed by atoms with Crippen LogP contribution in [0.1, 0.15) is 51.9 Å². The van der Waals surface area contributed by atoms with Crippen LogP contribution in [0, 0.1) is 0 Å². The number of rotatable bonds is 7. The second-order valence-corrected chi connectivity index (χ2v) is 6.61. The monoisotopic (exact) mass is 293 g/mol. The summed E-state index contributed by atoms with van der Waals surface area (Å²) in [5, 5.41) is 3.31. The molecule has 0 radical (unpaired) electrons. The average Bonchev–Trinajstić information content (AvgIpc) is 3.10. The minimum absolute atomic E-state index is 0.0152. The molecule has 5 heteroatoms. The van der Waals surface area contributed by atoms with Crippen molar-refractivity contribution in [3.8, 4) is 0 Å². The van der Waals surface area contributed by atoms with Crippen molar-refractivity contribution in [3.63, 3.8) is 0 Å². The Hall–Kier alpha value is -0.940. The van der Waals surface area contributed by atoms with Crippen LogP contribution in [-0.4, -0.2) is 59.4 Å². The van der Waals surface area contributed by atoms with Gasteiger partial charge in [-0.1, -0.05) is 19.8 Å². The smallest absolute Gasteiger partial charge is 0.247 e. The van der Waals surface area contributed by atoms with E-state index in [2.05, 4.69) is 17.1 Å². The summed E-state index contributed by atoms with van der Waals surface area (Å²) in [5.41, 5.74) is 0. The van der Waals surface area contributed by atoms with Crippen LogP contribution in [0.5, 0.6) is 0 Å². The van der Waals surface area contributed by atoms with E-state index in [1.54, 1.807) is 4.90 Å². The van der Waals surface area contributed by atoms with Crippen molar-refractivity contribution in [2.45, 2.75) is 70.0 Å². The number of amides is 2. The second kappa shape index (κ2) is 6.44. The number of likely N-dealkylation sites (N-methyl/N-ethyl adjacent to an activating group) is 1. The lowest BCUT2D eigenvalue weighted by molar-refractivity contribution is -0.141. The third kappa shape index (κ3) is 3.29. The molecular formula is C16H27N3O2. The molecule has 0 aromatic rings. The normalized spacial score (nSPS) is 27.3. The van der Waals surface area contributed by atoms with Crippen LogP contribution >= 0.6 is 0 Å². The van der Waals surface area contributed by atoms with Gasteiger partial charge in [0.15, 0.2) is 0 Å². The van der Waals surface area contributed by atoms with E-state index in [0.29, 0.717) is 6.42 Å². The van der Waals surface area contributed by atoms with E-state index in [9.17, 15) is 9.59 Å². The van der Waals surface area contributed by atoms with Crippen molar-refractivity contribution < 1.29 is 9.59 Å². The molecule has 1 N–H and O–H groups in total. The minimum Gasteiger partial charge on any atom is -0.304 e. The fourth-order valence-corrected chi connectivity index (χ4v) is 3.78. The Labute approximate surface area is 127 Å². The Kier molecular flexibility index (Phi) is 4.60. The third-order valence-electron chi connectivity index (χ3n) is 5.13. The summed E-state index contributed by atoms with van der Waals surface area (Å²) < 4.78 is 0. The van der Waals surface area contributed by atoms with Crippen molar-refractivity contribution in [2.75, 3.05) is 19.6 Å². The molecule has 3 fully saturated rings. The predicted octanol–water partition coefficient (Wildman–Crippen LogP) is 1.13. The number of hydrogen-bond donors (Lipinski definition) is 1. The van der Waals surface area contributed by atoms with E-state index in [0.717, 1.165) is 51.4 Å². The van der Waals surface area contributed by atoms with Gasteiger partial charge in [0.2, 0.25) is 11.8 Å². The number of likely N-dealkylation sites (tertiary alicyclic amines) is 1. The summed E-state index contributed by atoms with van der Waals surface area (Å²) in [6, 6.07) is 0.652. The van der Waals surface area contributed by atoms with Gasteiger partial charge in [-0.2, -0.15) is 0 Å². The predicted molar refractivity (Wildman–Crippen MR) is 80.8 cm³/mol. The largest absolute Gasteiger partial charge is 0.304 e. The lowest BCUT2D eigenvalue weighted by Gasteiger charge is -2.23. The fraction of sp³-hybridized carbons (Fsp3) is 0.875. The highest BCUT2D eigenvalue weighted by atomic mass is 16.2. The van der Waals surface area contributed by atoms with Crippen LogP contribution in [-0.2, 0) is 9.59 Å². The molecule has 118 valence electrons. The van der Waals surface area contributed by atoms with Gasteiger partial charge in [-0.3, -0.25) is 19.4 Å². The van der Waals surface area contributed by atoms with Gasteiger partial charge in [0.25, 0.3) is 0 Å². The zero-order valence-electron chi connectivity index (χ0n) is 13.0. The van der Waals surface area contributed by atoms with Crippen molar-refractivity contribution >= 4 is 11.8 Å². The molecule has 0 spiro atoms. The third-order valence-corrected chi connectivity index (χ3v) is 5.13. The van der Waals surface area contributed by atoms with E-state index in [1.807, 2.05) is 0 Å². The number of imide groups is 1. The molecule has 1 saturated heterocycles. The van der Waals surface area contributed by atoms with E-state index >= 15 is 0 Å². The van der Waals surface area contributed by atoms with E-state index < -0.39 is 0 Å². The Morgan fingerprint density at radius 2 is 1.90 bits per heavy atom. The van der Waals surface area contributed by atoms with E-state index in [-0.39, 0.29) is 23.9 Å². The summed E-state index contributed by atoms with van der Waals surface area (Å²) in [7, 11) is 0. The first kappa shape index (κ1) is 15.0. The first-order valence-corrected chi connectivity index (χ1v) is 8.54. The molecule has 1 aliphatic heterocycles. The van der Waals surface area contributed by atoms with Crippen LogP contribution in [0.25, 0.3) is 0 Å². The standard InChI is InChI=1S/C16H27N3O2/c1-2-18(12-7-8-12)10-9-17-14-11-15(20)19(16(14)21)13-5-3-4-6-13/h12-14,17H,2-11H2,1H3. The van der Waals surface area contributed by atoms with Gasteiger partial charge >= 0.3 is 0 Å². The maximum absolute atomic E-state index is 12.4. The van der Waals surface area contributed by atoms with Crippen molar-refractivity contribution in [1.29, 1.82) is 0 Å². The highest BCUT2D eigenvalue weighted by Crippen LogP contribution is 2.28. The number of carbonyl (C=O) groups excluding carboxylic acids is 2. The minimum atomic E-state index is -0.281. The lowest BCUT2D eigenvalue weighted by Crippen LogP contribution is -2.44. The Bertz CT molecular complexity index is 402. The van der Waals surface area contributed by atoms with Gasteiger partial charge in [0.05, 0.1) is 12.5 Å². The lowest BCUT2D eigenvalue weighted by atomic mass is 10.2. The summed E-state index contributed by atoms with van der Waals surface area (Å²) in [6.45, 7) is 5.03. The summed E-state index contributed by atoms with van der Waals surface area (Å²) >= 11 is 0. The van der Waals surface area contributed by atoms with Crippen molar-refractivity contribution in [2.24, 2.45) is 0 Å². The molecule has 21 heavy (non-hydrogen) atoms. The zero-order chi connectivity index (χ0) is 14.8. The molecule has 0 aromatic heterocycles. The molecular weight excluding hydrogens is 266 g/mol. The van der Waals surface area contributed by atoms with Crippen LogP contribution in [0.4, 0.5) is 0 Å². The van der Waals surface area contributed by atoms with Gasteiger partial charge in [-0.15, -0.1) is 0 Å². The van der Waals surface area contributed by atoms with Crippen LogP contribution in [0.3, 0.4) is 0 Å². The molecule has 2 aliphatic carbocycles. The topological polar surface area (TPSA) is 52.7 Å². The van der Waals surface area contributed by atoms with Gasteiger partial charge in [0, 0.05) is 25.2 Å². The quantitative estimate of drug-likeness (QED) is 0.715. The zero-order valence-corrected chi connectivity index (χ0v) is 13.0. The summed E-state index contributed by atoms with van der Waals surface area (Å²) in [4.78, 5) is 28.6. The SMILES string of the molecule is CCN(CCNC1CC(=O)N(C2CCCC2)C1=O)C1CC1. The van der Waals surface area contributed by atoms with Gasteiger partial charge in [0.1, 0.15) is 0 Å². The molecule has 2 amide bonds. The molecule has 3 aliphatic rings. The van der Waals surface area contributed by atoms with Crippen LogP contribution in [0.2, 0.25) is 0 Å². The molecule has 3 rings (SSSR count). The molecule has 5 nitrogen and oxygen atoms in total. The Morgan fingerprint density at radius 1 is 1.19 bits per heavy atom. The number of carbonyl (C=O) groups is 2. The first-order valence-electron chi connectivity index (χ1n) is 8.54. The first-order chi connectivity index (χ1) is 10.2. The number of nitrogens with one attached hydrogen (secondary N) is 1. The summed E-state index contributed by atoms with van der Waals surface area (Å²) in [6.07, 6.45) is 7.25. The maximum Gasteiger partial charge on any atom is 0.247 e. The van der Waals surface area contributed by atoms with Gasteiger partial charge < -0.3 is 5.32 Å². The van der Waals surface area contributed by atoms with Crippen LogP contribution < -0.4 is 5.32 Å². The van der Waals surface area contributed by atoms with Crippen molar-refractivity contribution in [3.05, 3.63) is 0 Å². The van der Waals surface area contributed by atoms with Gasteiger partial charge in [-0.05, 0) is 32.2 Å². The molecule has 0 aromatic carbocycles. The van der Waals surface area contributed by atoms with E-state index in [4.69, 9.17) is 0 Å². The number of hydrogen-bond acceptors (Lipinski definition) is 4. The summed E-state index contributed by atoms with van der Waals surface area (Å²) in [5.74, 6) is 0.0420. The van der Waals surface area contributed by atoms with Crippen LogP contribution in [0.15, 0.2) is 0 Å². The molecule has 2 saturated carbocycles. The average molecular weight is 293 g/mol. The molecule has 1 atom stereocenters. The fourth-order valence-electron chi connectivity index (χ4n) is 3.78. The second-order valence-electron chi connectivity index (χ2n) is 6.61. The Balaban J connectivity index is 1.47. The van der Waals surface area contributed by atoms with Crippen molar-refractivity contribution in [1.82, 2.24) is 15.1 Å². The molecule has 1 heterocycles. The van der Waals surface area contributed by atoms with E-state index in [1.165, 1.54) is 12.8 Å².